The quantitative estimate of drug-likeness (QED) is 0.653. The fourth-order valence-electron chi connectivity index (χ4n) is 2.97. The molecule has 2 nitrogen and oxygen atoms in total. The first kappa shape index (κ1) is 13.4. The van der Waals surface area contributed by atoms with Crippen molar-refractivity contribution < 1.29 is 0 Å². The second-order valence-electron chi connectivity index (χ2n) is 5.93. The highest BCUT2D eigenvalue weighted by atomic mass is 15.2. The lowest BCUT2D eigenvalue weighted by Gasteiger charge is -2.30. The standard InChI is InChI=1S/C15H30N2/c1-2-3-4-7-12-17(15-9-10-15)13-14-8-5-6-11-16-14/h14-16H,2-13H2,1H3. The number of nitrogens with zero attached hydrogens (tertiary/aromatic N) is 1. The molecule has 2 heteroatoms. The average molecular weight is 238 g/mol. The van der Waals surface area contributed by atoms with E-state index in [0.717, 1.165) is 12.1 Å². The smallest absolute Gasteiger partial charge is 0.0195 e. The molecule has 1 saturated heterocycles. The van der Waals surface area contributed by atoms with Crippen LogP contribution in [0.25, 0.3) is 0 Å². The summed E-state index contributed by atoms with van der Waals surface area (Å²) in [5.41, 5.74) is 0. The third-order valence-corrected chi connectivity index (χ3v) is 4.23. The molecule has 1 atom stereocenters. The monoisotopic (exact) mass is 238 g/mol. The second-order valence-corrected chi connectivity index (χ2v) is 5.93. The number of hydrogen-bond acceptors (Lipinski definition) is 2. The molecule has 0 radical (unpaired) electrons. The van der Waals surface area contributed by atoms with E-state index >= 15 is 0 Å². The van der Waals surface area contributed by atoms with Crippen molar-refractivity contribution in [3.05, 3.63) is 0 Å². The van der Waals surface area contributed by atoms with Crippen LogP contribution in [0.2, 0.25) is 0 Å². The molecule has 2 rings (SSSR count). The Hall–Kier alpha value is -0.0800. The van der Waals surface area contributed by atoms with Crippen LogP contribution in [0.15, 0.2) is 0 Å². The first-order valence-corrected chi connectivity index (χ1v) is 7.87. The Morgan fingerprint density at radius 1 is 1.06 bits per heavy atom. The van der Waals surface area contributed by atoms with Gasteiger partial charge in [-0.15, -0.1) is 0 Å². The number of piperidine rings is 1. The predicted octanol–water partition coefficient (Wildman–Crippen LogP) is 3.17. The van der Waals surface area contributed by atoms with Gasteiger partial charge in [0.2, 0.25) is 0 Å². The molecular weight excluding hydrogens is 208 g/mol. The van der Waals surface area contributed by atoms with Crippen LogP contribution in [0.3, 0.4) is 0 Å². The first-order valence-electron chi connectivity index (χ1n) is 7.87. The van der Waals surface area contributed by atoms with E-state index in [1.165, 1.54) is 77.4 Å². The SMILES string of the molecule is CCCCCCN(CC1CCCCN1)C1CC1. The van der Waals surface area contributed by atoms with Gasteiger partial charge in [-0.3, -0.25) is 4.90 Å². The lowest BCUT2D eigenvalue weighted by Crippen LogP contribution is -2.44. The number of rotatable bonds is 8. The van der Waals surface area contributed by atoms with Gasteiger partial charge in [-0.25, -0.2) is 0 Å². The molecule has 1 aliphatic carbocycles. The topological polar surface area (TPSA) is 15.3 Å². The zero-order valence-corrected chi connectivity index (χ0v) is 11.6. The van der Waals surface area contributed by atoms with Gasteiger partial charge in [-0.2, -0.15) is 0 Å². The minimum atomic E-state index is 0.788. The lowest BCUT2D eigenvalue weighted by atomic mass is 10.0. The maximum absolute atomic E-state index is 3.69. The molecule has 0 bridgehead atoms. The van der Waals surface area contributed by atoms with E-state index < -0.39 is 0 Å². The first-order chi connectivity index (χ1) is 8.40. The summed E-state index contributed by atoms with van der Waals surface area (Å²) in [7, 11) is 0. The molecule has 0 aromatic heterocycles. The van der Waals surface area contributed by atoms with E-state index in [0.29, 0.717) is 0 Å². The van der Waals surface area contributed by atoms with Crippen LogP contribution in [0, 0.1) is 0 Å². The van der Waals surface area contributed by atoms with Gasteiger partial charge >= 0.3 is 0 Å². The predicted molar refractivity (Wildman–Crippen MR) is 74.4 cm³/mol. The molecule has 2 aliphatic rings. The van der Waals surface area contributed by atoms with E-state index in [9.17, 15) is 0 Å². The molecule has 1 unspecified atom stereocenters. The molecule has 0 aromatic rings. The van der Waals surface area contributed by atoms with Crippen molar-refractivity contribution in [1.82, 2.24) is 10.2 Å². The van der Waals surface area contributed by atoms with Crippen molar-refractivity contribution in [2.24, 2.45) is 0 Å². The molecular formula is C15H30N2. The summed E-state index contributed by atoms with van der Waals surface area (Å²) < 4.78 is 0. The Bertz CT molecular complexity index is 195. The lowest BCUT2D eigenvalue weighted by molar-refractivity contribution is 0.211. The Morgan fingerprint density at radius 3 is 2.59 bits per heavy atom. The molecule has 1 aliphatic heterocycles. The maximum atomic E-state index is 3.69. The van der Waals surface area contributed by atoms with Crippen molar-refractivity contribution in [3.63, 3.8) is 0 Å². The van der Waals surface area contributed by atoms with Crippen molar-refractivity contribution in [1.29, 1.82) is 0 Å². The molecule has 2 fully saturated rings. The summed E-state index contributed by atoms with van der Waals surface area (Å²) in [6.07, 6.45) is 12.8. The summed E-state index contributed by atoms with van der Waals surface area (Å²) in [6.45, 7) is 6.21. The third-order valence-electron chi connectivity index (χ3n) is 4.23. The third kappa shape index (κ3) is 4.97. The van der Waals surface area contributed by atoms with Crippen molar-refractivity contribution in [3.8, 4) is 0 Å². The fraction of sp³-hybridized carbons (Fsp3) is 1.00. The Morgan fingerprint density at radius 2 is 1.94 bits per heavy atom. The Balaban J connectivity index is 1.65. The Kier molecular flexibility index (Phi) is 5.79. The molecule has 100 valence electrons. The summed E-state index contributed by atoms with van der Waals surface area (Å²) in [5, 5.41) is 3.69. The van der Waals surface area contributed by atoms with Gasteiger partial charge in [0.1, 0.15) is 0 Å². The maximum Gasteiger partial charge on any atom is 0.0195 e. The molecule has 1 N–H and O–H groups in total. The van der Waals surface area contributed by atoms with Gasteiger partial charge in [-0.05, 0) is 45.2 Å². The van der Waals surface area contributed by atoms with Gasteiger partial charge in [0.05, 0.1) is 0 Å². The molecule has 0 amide bonds. The summed E-state index contributed by atoms with van der Waals surface area (Å²) >= 11 is 0. The highest BCUT2D eigenvalue weighted by Crippen LogP contribution is 2.28. The minimum absolute atomic E-state index is 0.788. The number of nitrogens with one attached hydrogen (secondary N) is 1. The second kappa shape index (κ2) is 7.38. The normalized spacial score (nSPS) is 25.4. The van der Waals surface area contributed by atoms with Gasteiger partial charge in [0.15, 0.2) is 0 Å². The van der Waals surface area contributed by atoms with Crippen LogP contribution in [0.4, 0.5) is 0 Å². The van der Waals surface area contributed by atoms with Crippen LogP contribution in [-0.2, 0) is 0 Å². The molecule has 1 saturated carbocycles. The van der Waals surface area contributed by atoms with Crippen molar-refractivity contribution >= 4 is 0 Å². The summed E-state index contributed by atoms with van der Waals surface area (Å²) in [6, 6.07) is 1.73. The Labute approximate surface area is 107 Å². The molecule has 17 heavy (non-hydrogen) atoms. The van der Waals surface area contributed by atoms with E-state index in [-0.39, 0.29) is 0 Å². The van der Waals surface area contributed by atoms with E-state index in [1.54, 1.807) is 0 Å². The highest BCUT2D eigenvalue weighted by molar-refractivity contribution is 4.87. The number of hydrogen-bond donors (Lipinski definition) is 1. The van der Waals surface area contributed by atoms with Crippen LogP contribution < -0.4 is 5.32 Å². The minimum Gasteiger partial charge on any atom is -0.313 e. The van der Waals surface area contributed by atoms with Gasteiger partial charge < -0.3 is 5.32 Å². The van der Waals surface area contributed by atoms with Crippen LogP contribution in [0.5, 0.6) is 0 Å². The van der Waals surface area contributed by atoms with Gasteiger partial charge in [0.25, 0.3) is 0 Å². The zero-order chi connectivity index (χ0) is 11.9. The van der Waals surface area contributed by atoms with Gasteiger partial charge in [-0.1, -0.05) is 32.6 Å². The van der Waals surface area contributed by atoms with E-state index in [2.05, 4.69) is 17.1 Å². The highest BCUT2D eigenvalue weighted by Gasteiger charge is 2.30. The van der Waals surface area contributed by atoms with E-state index in [4.69, 9.17) is 0 Å². The molecule has 0 spiro atoms. The van der Waals surface area contributed by atoms with Crippen LogP contribution >= 0.6 is 0 Å². The molecule has 1 heterocycles. The molecule has 0 aromatic carbocycles. The number of unbranched alkanes of at least 4 members (excludes halogenated alkanes) is 3. The largest absolute Gasteiger partial charge is 0.313 e. The zero-order valence-electron chi connectivity index (χ0n) is 11.6. The average Bonchev–Trinajstić information content (AvgIpc) is 3.19. The van der Waals surface area contributed by atoms with Crippen molar-refractivity contribution in [2.75, 3.05) is 19.6 Å². The van der Waals surface area contributed by atoms with Crippen molar-refractivity contribution in [2.45, 2.75) is 76.8 Å². The van der Waals surface area contributed by atoms with Crippen LogP contribution in [-0.4, -0.2) is 36.6 Å². The summed E-state index contributed by atoms with van der Waals surface area (Å²) in [5.74, 6) is 0. The summed E-state index contributed by atoms with van der Waals surface area (Å²) in [4.78, 5) is 2.78. The van der Waals surface area contributed by atoms with Gasteiger partial charge in [0, 0.05) is 18.6 Å². The van der Waals surface area contributed by atoms with Crippen LogP contribution in [0.1, 0.15) is 64.7 Å². The van der Waals surface area contributed by atoms with E-state index in [1.807, 2.05) is 0 Å². The fourth-order valence-corrected chi connectivity index (χ4v) is 2.97.